The number of amides is 1. The summed E-state index contributed by atoms with van der Waals surface area (Å²) in [4.78, 5) is 15.8. The monoisotopic (exact) mass is 247 g/mol. The molecule has 0 fully saturated rings. The molecule has 17 heavy (non-hydrogen) atoms. The number of carbonyl (C=O) groups is 1. The van der Waals surface area contributed by atoms with E-state index >= 15 is 0 Å². The standard InChI is InChI=1S/C12H13N3OS/c1-7-3-4-9(8(2)5-7)14-11(16)10-6-17-12(13)15-10/h3-6H,1-2H3,(H2,13,15)(H,14,16). The van der Waals surface area contributed by atoms with Gasteiger partial charge < -0.3 is 11.1 Å². The van der Waals surface area contributed by atoms with Gasteiger partial charge in [-0.05, 0) is 25.5 Å². The third kappa shape index (κ3) is 2.62. The van der Waals surface area contributed by atoms with Crippen molar-refractivity contribution in [2.45, 2.75) is 13.8 Å². The fraction of sp³-hybridized carbons (Fsp3) is 0.167. The molecule has 0 aliphatic rings. The summed E-state index contributed by atoms with van der Waals surface area (Å²) in [5.74, 6) is -0.232. The Hall–Kier alpha value is -1.88. The summed E-state index contributed by atoms with van der Waals surface area (Å²) >= 11 is 1.26. The van der Waals surface area contributed by atoms with Crippen LogP contribution in [0.3, 0.4) is 0 Å². The molecule has 1 aromatic heterocycles. The normalized spacial score (nSPS) is 10.2. The molecule has 88 valence electrons. The average molecular weight is 247 g/mol. The zero-order chi connectivity index (χ0) is 12.4. The van der Waals surface area contributed by atoms with Crippen LogP contribution in [-0.2, 0) is 0 Å². The van der Waals surface area contributed by atoms with Gasteiger partial charge in [0, 0.05) is 11.1 Å². The molecule has 0 saturated heterocycles. The van der Waals surface area contributed by atoms with Crippen molar-refractivity contribution in [2.75, 3.05) is 11.1 Å². The predicted molar refractivity (Wildman–Crippen MR) is 70.4 cm³/mol. The lowest BCUT2D eigenvalue weighted by Gasteiger charge is -2.07. The van der Waals surface area contributed by atoms with Gasteiger partial charge in [0.15, 0.2) is 5.13 Å². The van der Waals surface area contributed by atoms with Gasteiger partial charge in [-0.3, -0.25) is 4.79 Å². The molecule has 0 aliphatic carbocycles. The summed E-state index contributed by atoms with van der Waals surface area (Å²) in [7, 11) is 0. The molecule has 3 N–H and O–H groups in total. The van der Waals surface area contributed by atoms with E-state index in [1.165, 1.54) is 16.9 Å². The number of aromatic nitrogens is 1. The van der Waals surface area contributed by atoms with Crippen LogP contribution in [0.2, 0.25) is 0 Å². The highest BCUT2D eigenvalue weighted by molar-refractivity contribution is 7.13. The third-order valence-corrected chi connectivity index (χ3v) is 3.06. The maximum Gasteiger partial charge on any atom is 0.275 e. The Morgan fingerprint density at radius 3 is 2.76 bits per heavy atom. The van der Waals surface area contributed by atoms with Crippen LogP contribution in [-0.4, -0.2) is 10.9 Å². The first-order chi connectivity index (χ1) is 8.06. The van der Waals surface area contributed by atoms with E-state index in [9.17, 15) is 4.79 Å². The second kappa shape index (κ2) is 4.55. The second-order valence-electron chi connectivity index (χ2n) is 3.84. The van der Waals surface area contributed by atoms with Crippen LogP contribution in [0, 0.1) is 13.8 Å². The first-order valence-electron chi connectivity index (χ1n) is 5.16. The number of nitrogens with two attached hydrogens (primary N) is 1. The Kier molecular flexibility index (Phi) is 3.10. The zero-order valence-corrected chi connectivity index (χ0v) is 10.5. The molecule has 0 atom stereocenters. The summed E-state index contributed by atoms with van der Waals surface area (Å²) in [5.41, 5.74) is 8.83. The van der Waals surface area contributed by atoms with E-state index in [-0.39, 0.29) is 5.91 Å². The Morgan fingerprint density at radius 2 is 2.18 bits per heavy atom. The first-order valence-corrected chi connectivity index (χ1v) is 6.04. The summed E-state index contributed by atoms with van der Waals surface area (Å²) in [5, 5.41) is 4.86. The Labute approximate surface area is 103 Å². The largest absolute Gasteiger partial charge is 0.375 e. The van der Waals surface area contributed by atoms with Crippen LogP contribution in [0.25, 0.3) is 0 Å². The lowest BCUT2D eigenvalue weighted by atomic mass is 10.1. The Morgan fingerprint density at radius 1 is 1.41 bits per heavy atom. The van der Waals surface area contributed by atoms with E-state index in [4.69, 9.17) is 5.73 Å². The molecule has 2 rings (SSSR count). The van der Waals surface area contributed by atoms with Crippen LogP contribution < -0.4 is 11.1 Å². The maximum absolute atomic E-state index is 11.8. The van der Waals surface area contributed by atoms with Gasteiger partial charge >= 0.3 is 0 Å². The number of benzene rings is 1. The lowest BCUT2D eigenvalue weighted by molar-refractivity contribution is 0.102. The smallest absolute Gasteiger partial charge is 0.275 e. The van der Waals surface area contributed by atoms with Crippen LogP contribution in [0.4, 0.5) is 10.8 Å². The number of anilines is 2. The van der Waals surface area contributed by atoms with Crippen LogP contribution in [0.1, 0.15) is 21.6 Å². The fourth-order valence-corrected chi connectivity index (χ4v) is 2.08. The van der Waals surface area contributed by atoms with Gasteiger partial charge in [0.1, 0.15) is 5.69 Å². The van der Waals surface area contributed by atoms with Crippen molar-refractivity contribution in [3.8, 4) is 0 Å². The number of nitrogen functional groups attached to an aromatic ring is 1. The van der Waals surface area contributed by atoms with Crippen molar-refractivity contribution < 1.29 is 4.79 Å². The van der Waals surface area contributed by atoms with Gasteiger partial charge in [-0.1, -0.05) is 17.7 Å². The number of nitrogens with zero attached hydrogens (tertiary/aromatic N) is 1. The minimum Gasteiger partial charge on any atom is -0.375 e. The van der Waals surface area contributed by atoms with Crippen molar-refractivity contribution >= 4 is 28.1 Å². The molecule has 2 aromatic rings. The van der Waals surface area contributed by atoms with Gasteiger partial charge in [-0.2, -0.15) is 0 Å². The Balaban J connectivity index is 2.18. The lowest BCUT2D eigenvalue weighted by Crippen LogP contribution is -2.13. The molecule has 0 unspecified atom stereocenters. The van der Waals surface area contributed by atoms with Crippen molar-refractivity contribution in [2.24, 2.45) is 0 Å². The molecular formula is C12H13N3OS. The zero-order valence-electron chi connectivity index (χ0n) is 9.65. The fourth-order valence-electron chi connectivity index (χ4n) is 1.53. The van der Waals surface area contributed by atoms with Gasteiger partial charge in [0.05, 0.1) is 0 Å². The number of thiazole rings is 1. The topological polar surface area (TPSA) is 68.0 Å². The average Bonchev–Trinajstić information content (AvgIpc) is 2.69. The maximum atomic E-state index is 11.8. The predicted octanol–water partition coefficient (Wildman–Crippen LogP) is 2.59. The van der Waals surface area contributed by atoms with E-state index in [1.54, 1.807) is 5.38 Å². The van der Waals surface area contributed by atoms with Crippen molar-refractivity contribution in [1.82, 2.24) is 4.98 Å². The molecular weight excluding hydrogens is 234 g/mol. The number of rotatable bonds is 2. The SMILES string of the molecule is Cc1ccc(NC(=O)c2csc(N)n2)c(C)c1. The van der Waals surface area contributed by atoms with Gasteiger partial charge in [0.25, 0.3) is 5.91 Å². The molecule has 1 heterocycles. The summed E-state index contributed by atoms with van der Waals surface area (Å²) in [6, 6.07) is 5.86. The second-order valence-corrected chi connectivity index (χ2v) is 4.73. The van der Waals surface area contributed by atoms with Gasteiger partial charge in [-0.25, -0.2) is 4.98 Å². The molecule has 1 aromatic carbocycles. The first kappa shape index (κ1) is 11.6. The number of hydrogen-bond donors (Lipinski definition) is 2. The van der Waals surface area contributed by atoms with Crippen molar-refractivity contribution in [1.29, 1.82) is 0 Å². The van der Waals surface area contributed by atoms with Gasteiger partial charge in [0.2, 0.25) is 0 Å². The van der Waals surface area contributed by atoms with E-state index in [2.05, 4.69) is 10.3 Å². The van der Waals surface area contributed by atoms with Crippen LogP contribution in [0.5, 0.6) is 0 Å². The highest BCUT2D eigenvalue weighted by atomic mass is 32.1. The number of nitrogens with one attached hydrogen (secondary N) is 1. The molecule has 0 radical (unpaired) electrons. The van der Waals surface area contributed by atoms with E-state index < -0.39 is 0 Å². The molecule has 0 aliphatic heterocycles. The summed E-state index contributed by atoms with van der Waals surface area (Å²) in [6.45, 7) is 3.97. The minimum absolute atomic E-state index is 0.232. The summed E-state index contributed by atoms with van der Waals surface area (Å²) < 4.78 is 0. The molecule has 0 bridgehead atoms. The van der Waals surface area contributed by atoms with E-state index in [0.717, 1.165) is 11.3 Å². The molecule has 4 nitrogen and oxygen atoms in total. The van der Waals surface area contributed by atoms with Crippen LogP contribution in [0.15, 0.2) is 23.6 Å². The number of carbonyl (C=O) groups excluding carboxylic acids is 1. The van der Waals surface area contributed by atoms with E-state index in [0.29, 0.717) is 10.8 Å². The molecule has 0 spiro atoms. The third-order valence-electron chi connectivity index (χ3n) is 2.38. The minimum atomic E-state index is -0.232. The summed E-state index contributed by atoms with van der Waals surface area (Å²) in [6.07, 6.45) is 0. The quantitative estimate of drug-likeness (QED) is 0.857. The molecule has 0 saturated carbocycles. The molecule has 1 amide bonds. The van der Waals surface area contributed by atoms with Crippen molar-refractivity contribution in [3.63, 3.8) is 0 Å². The Bertz CT molecular complexity index is 563. The van der Waals surface area contributed by atoms with Gasteiger partial charge in [-0.15, -0.1) is 11.3 Å². The van der Waals surface area contributed by atoms with Crippen LogP contribution >= 0.6 is 11.3 Å². The number of hydrogen-bond acceptors (Lipinski definition) is 4. The number of aryl methyl sites for hydroxylation is 2. The molecule has 5 heteroatoms. The highest BCUT2D eigenvalue weighted by Crippen LogP contribution is 2.18. The van der Waals surface area contributed by atoms with E-state index in [1.807, 2.05) is 32.0 Å². The van der Waals surface area contributed by atoms with Crippen molar-refractivity contribution in [3.05, 3.63) is 40.4 Å². The highest BCUT2D eigenvalue weighted by Gasteiger charge is 2.10.